The number of benzene rings is 1. The van der Waals surface area contributed by atoms with Crippen molar-refractivity contribution in [2.75, 3.05) is 25.0 Å². The third-order valence-corrected chi connectivity index (χ3v) is 4.26. The van der Waals surface area contributed by atoms with Crippen LogP contribution in [-0.4, -0.2) is 35.9 Å². The van der Waals surface area contributed by atoms with Crippen molar-refractivity contribution in [1.29, 1.82) is 5.26 Å². The summed E-state index contributed by atoms with van der Waals surface area (Å²) in [6.45, 7) is 3.97. The molecule has 0 unspecified atom stereocenters. The molecule has 1 heterocycles. The molecule has 0 fully saturated rings. The van der Waals surface area contributed by atoms with E-state index >= 15 is 0 Å². The lowest BCUT2D eigenvalue weighted by Gasteiger charge is -2.22. The topological polar surface area (TPSA) is 60.2 Å². The van der Waals surface area contributed by atoms with Gasteiger partial charge in [0, 0.05) is 37.6 Å². The van der Waals surface area contributed by atoms with E-state index in [0.29, 0.717) is 25.1 Å². The molecule has 2 aromatic rings. The van der Waals surface area contributed by atoms with Crippen LogP contribution in [0, 0.1) is 11.3 Å². The summed E-state index contributed by atoms with van der Waals surface area (Å²) in [5, 5.41) is 8.89. The zero-order valence-corrected chi connectivity index (χ0v) is 15.6. The van der Waals surface area contributed by atoms with Crippen molar-refractivity contribution in [3.05, 3.63) is 59.9 Å². The minimum Gasteiger partial charge on any atom is -0.375 e. The molecule has 1 amide bonds. The summed E-state index contributed by atoms with van der Waals surface area (Å²) < 4.78 is 0. The van der Waals surface area contributed by atoms with Crippen molar-refractivity contribution in [1.82, 2.24) is 9.88 Å². The molecule has 0 aliphatic carbocycles. The molecule has 5 nitrogen and oxygen atoms in total. The van der Waals surface area contributed by atoms with Crippen LogP contribution < -0.4 is 4.90 Å². The Labute approximate surface area is 155 Å². The Morgan fingerprint density at radius 3 is 2.54 bits per heavy atom. The molecule has 0 bridgehead atoms. The fourth-order valence-electron chi connectivity index (χ4n) is 2.69. The minimum atomic E-state index is -0.0753. The van der Waals surface area contributed by atoms with Gasteiger partial charge in [0.1, 0.15) is 0 Å². The van der Waals surface area contributed by atoms with Crippen LogP contribution in [0.2, 0.25) is 0 Å². The first kappa shape index (κ1) is 19.5. The summed E-state index contributed by atoms with van der Waals surface area (Å²) in [6.07, 6.45) is 4.31. The maximum atomic E-state index is 12.9. The van der Waals surface area contributed by atoms with Crippen LogP contribution in [0.1, 0.15) is 42.2 Å². The minimum absolute atomic E-state index is 0.0753. The maximum Gasteiger partial charge on any atom is 0.254 e. The molecule has 0 radical (unpaired) electrons. The van der Waals surface area contributed by atoms with E-state index in [-0.39, 0.29) is 5.91 Å². The van der Waals surface area contributed by atoms with Gasteiger partial charge in [-0.3, -0.25) is 9.78 Å². The number of amides is 1. The zero-order chi connectivity index (χ0) is 18.8. The quantitative estimate of drug-likeness (QED) is 0.689. The van der Waals surface area contributed by atoms with Gasteiger partial charge in [-0.05, 0) is 42.8 Å². The molecule has 0 spiro atoms. The standard InChI is InChI=1S/C21H26N4O/c1-3-4-15-24(2)20-11-9-18(10-12-20)21(26)25(16-7-13-22)17-19-8-5-6-14-23-19/h5-6,8-12,14H,3-4,7,15-17H2,1-2H3. The lowest BCUT2D eigenvalue weighted by Crippen LogP contribution is -2.31. The Hall–Kier alpha value is -2.87. The van der Waals surface area contributed by atoms with E-state index < -0.39 is 0 Å². The summed E-state index contributed by atoms with van der Waals surface area (Å²) >= 11 is 0. The predicted octanol–water partition coefficient (Wildman–Crippen LogP) is 3.87. The molecule has 136 valence electrons. The lowest BCUT2D eigenvalue weighted by atomic mass is 10.1. The molecule has 1 aromatic carbocycles. The Balaban J connectivity index is 2.10. The van der Waals surface area contributed by atoms with Gasteiger partial charge in [-0.15, -0.1) is 0 Å². The largest absolute Gasteiger partial charge is 0.375 e. The first-order valence-electron chi connectivity index (χ1n) is 9.03. The molecule has 1 aromatic heterocycles. The van der Waals surface area contributed by atoms with Gasteiger partial charge in [-0.25, -0.2) is 0 Å². The number of unbranched alkanes of at least 4 members (excludes halogenated alkanes) is 1. The second-order valence-electron chi connectivity index (χ2n) is 6.28. The lowest BCUT2D eigenvalue weighted by molar-refractivity contribution is 0.0745. The maximum absolute atomic E-state index is 12.9. The smallest absolute Gasteiger partial charge is 0.254 e. The highest BCUT2D eigenvalue weighted by Crippen LogP contribution is 2.16. The fourth-order valence-corrected chi connectivity index (χ4v) is 2.69. The normalized spacial score (nSPS) is 10.2. The van der Waals surface area contributed by atoms with Gasteiger partial charge in [-0.1, -0.05) is 19.4 Å². The van der Waals surface area contributed by atoms with Crippen LogP contribution in [-0.2, 0) is 6.54 Å². The highest BCUT2D eigenvalue weighted by molar-refractivity contribution is 5.94. The number of pyridine rings is 1. The number of carbonyl (C=O) groups excluding carboxylic acids is 1. The number of hydrogen-bond donors (Lipinski definition) is 0. The van der Waals surface area contributed by atoms with Crippen LogP contribution in [0.15, 0.2) is 48.7 Å². The number of hydrogen-bond acceptors (Lipinski definition) is 4. The molecule has 0 aliphatic heterocycles. The van der Waals surface area contributed by atoms with Crippen molar-refractivity contribution < 1.29 is 4.79 Å². The average Bonchev–Trinajstić information content (AvgIpc) is 2.69. The number of nitriles is 1. The monoisotopic (exact) mass is 350 g/mol. The van der Waals surface area contributed by atoms with Crippen molar-refractivity contribution >= 4 is 11.6 Å². The van der Waals surface area contributed by atoms with Gasteiger partial charge in [0.25, 0.3) is 5.91 Å². The van der Waals surface area contributed by atoms with E-state index in [1.165, 1.54) is 0 Å². The van der Waals surface area contributed by atoms with Crippen LogP contribution in [0.3, 0.4) is 0 Å². The number of nitrogens with zero attached hydrogens (tertiary/aromatic N) is 4. The summed E-state index contributed by atoms with van der Waals surface area (Å²) in [7, 11) is 2.06. The van der Waals surface area contributed by atoms with Crippen LogP contribution in [0.5, 0.6) is 0 Å². The molecular formula is C21H26N4O. The van der Waals surface area contributed by atoms with E-state index in [4.69, 9.17) is 5.26 Å². The Morgan fingerprint density at radius 2 is 1.92 bits per heavy atom. The van der Waals surface area contributed by atoms with Gasteiger partial charge in [0.15, 0.2) is 0 Å². The number of carbonyl (C=O) groups is 1. The van der Waals surface area contributed by atoms with E-state index in [9.17, 15) is 4.79 Å². The molecule has 2 rings (SSSR count). The Morgan fingerprint density at radius 1 is 1.15 bits per heavy atom. The molecule has 0 saturated carbocycles. The molecule has 5 heteroatoms. The third kappa shape index (κ3) is 5.59. The molecule has 0 aliphatic rings. The van der Waals surface area contributed by atoms with Crippen molar-refractivity contribution in [2.45, 2.75) is 32.7 Å². The summed E-state index contributed by atoms with van der Waals surface area (Å²) in [5.41, 5.74) is 2.55. The molecular weight excluding hydrogens is 324 g/mol. The van der Waals surface area contributed by atoms with Gasteiger partial charge in [0.05, 0.1) is 24.7 Å². The van der Waals surface area contributed by atoms with E-state index in [1.54, 1.807) is 11.1 Å². The van der Waals surface area contributed by atoms with Gasteiger partial charge < -0.3 is 9.80 Å². The molecule has 0 saturated heterocycles. The predicted molar refractivity (Wildman–Crippen MR) is 104 cm³/mol. The first-order valence-corrected chi connectivity index (χ1v) is 9.03. The summed E-state index contributed by atoms with van der Waals surface area (Å²) in [4.78, 5) is 21.0. The highest BCUT2D eigenvalue weighted by atomic mass is 16.2. The summed E-state index contributed by atoms with van der Waals surface area (Å²) in [6, 6.07) is 15.4. The van der Waals surface area contributed by atoms with Crippen molar-refractivity contribution in [3.8, 4) is 6.07 Å². The fraction of sp³-hybridized carbons (Fsp3) is 0.381. The van der Waals surface area contributed by atoms with Crippen molar-refractivity contribution in [3.63, 3.8) is 0 Å². The van der Waals surface area contributed by atoms with Crippen LogP contribution in [0.4, 0.5) is 5.69 Å². The second-order valence-corrected chi connectivity index (χ2v) is 6.28. The molecule has 0 atom stereocenters. The summed E-state index contributed by atoms with van der Waals surface area (Å²) in [5.74, 6) is -0.0753. The SMILES string of the molecule is CCCCN(C)c1ccc(C(=O)N(CCC#N)Cc2ccccn2)cc1. The number of rotatable bonds is 9. The van der Waals surface area contributed by atoms with E-state index in [2.05, 4.69) is 29.9 Å². The van der Waals surface area contributed by atoms with E-state index in [0.717, 1.165) is 30.8 Å². The Bertz CT molecular complexity index is 722. The second kappa shape index (κ2) is 10.2. The van der Waals surface area contributed by atoms with E-state index in [1.807, 2.05) is 42.5 Å². The average molecular weight is 350 g/mol. The first-order chi connectivity index (χ1) is 12.7. The van der Waals surface area contributed by atoms with Gasteiger partial charge >= 0.3 is 0 Å². The highest BCUT2D eigenvalue weighted by Gasteiger charge is 2.16. The number of aromatic nitrogens is 1. The zero-order valence-electron chi connectivity index (χ0n) is 15.6. The third-order valence-electron chi connectivity index (χ3n) is 4.26. The molecule has 26 heavy (non-hydrogen) atoms. The molecule has 0 N–H and O–H groups in total. The van der Waals surface area contributed by atoms with Crippen LogP contribution in [0.25, 0.3) is 0 Å². The number of anilines is 1. The van der Waals surface area contributed by atoms with Crippen molar-refractivity contribution in [2.24, 2.45) is 0 Å². The van der Waals surface area contributed by atoms with Gasteiger partial charge in [-0.2, -0.15) is 5.26 Å². The Kier molecular flexibility index (Phi) is 7.63. The van der Waals surface area contributed by atoms with Gasteiger partial charge in [0.2, 0.25) is 0 Å². The van der Waals surface area contributed by atoms with Crippen LogP contribution >= 0.6 is 0 Å².